The molecule has 3 rings (SSSR count). The zero-order valence-electron chi connectivity index (χ0n) is 13.9. The molecule has 1 N–H and O–H groups in total. The van der Waals surface area contributed by atoms with Crippen LogP contribution < -0.4 is 15.2 Å². The van der Waals surface area contributed by atoms with Crippen molar-refractivity contribution in [3.8, 4) is 5.75 Å². The minimum absolute atomic E-state index is 0.0503. The Morgan fingerprint density at radius 2 is 1.96 bits per heavy atom. The Hall–Kier alpha value is -2.58. The first-order valence-corrected chi connectivity index (χ1v) is 9.12. The summed E-state index contributed by atoms with van der Waals surface area (Å²) in [6.45, 7) is 0.222. The number of nitrogens with zero attached hydrogens (tertiary/aromatic N) is 1. The first-order chi connectivity index (χ1) is 11.9. The topological polar surface area (TPSA) is 90.5 Å². The third-order valence-electron chi connectivity index (χ3n) is 3.95. The van der Waals surface area contributed by atoms with Gasteiger partial charge in [0.2, 0.25) is 10.0 Å². The van der Waals surface area contributed by atoms with Crippen LogP contribution in [-0.2, 0) is 23.5 Å². The summed E-state index contributed by atoms with van der Waals surface area (Å²) in [5.74, 6) is 0.183. The molecule has 0 fully saturated rings. The fraction of sp³-hybridized carbons (Fsp3) is 0.235. The number of rotatable bonds is 6. The van der Waals surface area contributed by atoms with Gasteiger partial charge in [-0.2, -0.15) is 0 Å². The number of aromatic nitrogens is 1. The van der Waals surface area contributed by atoms with Gasteiger partial charge in [-0.05, 0) is 30.2 Å². The molecule has 0 aliphatic heterocycles. The zero-order valence-corrected chi connectivity index (χ0v) is 14.7. The van der Waals surface area contributed by atoms with Gasteiger partial charge in [-0.1, -0.05) is 18.2 Å². The predicted octanol–water partition coefficient (Wildman–Crippen LogP) is 1.66. The van der Waals surface area contributed by atoms with Crippen LogP contribution in [0.1, 0.15) is 5.56 Å². The Bertz CT molecular complexity index is 1070. The van der Waals surface area contributed by atoms with Crippen LogP contribution in [0.3, 0.4) is 0 Å². The van der Waals surface area contributed by atoms with Crippen LogP contribution in [-0.4, -0.2) is 26.6 Å². The summed E-state index contributed by atoms with van der Waals surface area (Å²) in [5, 5.41) is 0. The molecule has 1 aromatic heterocycles. The van der Waals surface area contributed by atoms with Gasteiger partial charge < -0.3 is 9.15 Å². The number of benzene rings is 2. The minimum atomic E-state index is -3.71. The molecule has 0 aliphatic rings. The van der Waals surface area contributed by atoms with Crippen molar-refractivity contribution in [1.29, 1.82) is 0 Å². The second-order valence-corrected chi connectivity index (χ2v) is 7.28. The molecule has 3 aromatic rings. The third-order valence-corrected chi connectivity index (χ3v) is 5.41. The summed E-state index contributed by atoms with van der Waals surface area (Å²) in [5.41, 5.74) is 1.69. The highest BCUT2D eigenvalue weighted by molar-refractivity contribution is 7.89. The quantitative estimate of drug-likeness (QED) is 0.720. The molecule has 25 heavy (non-hydrogen) atoms. The van der Waals surface area contributed by atoms with Crippen molar-refractivity contribution < 1.29 is 17.6 Å². The lowest BCUT2D eigenvalue weighted by Crippen LogP contribution is -2.26. The van der Waals surface area contributed by atoms with E-state index in [1.54, 1.807) is 20.2 Å². The maximum absolute atomic E-state index is 12.4. The standard InChI is InChI=1S/C17H18N2O5S/c1-19-14-8-7-13(11-16(14)24-17(19)20)25(21,22)18-10-9-12-5-3-4-6-15(12)23-2/h3-8,11,18H,9-10H2,1-2H3. The number of hydrogen-bond acceptors (Lipinski definition) is 5. The van der Waals surface area contributed by atoms with Gasteiger partial charge in [-0.15, -0.1) is 0 Å². The van der Waals surface area contributed by atoms with Crippen LogP contribution in [0.25, 0.3) is 11.1 Å². The summed E-state index contributed by atoms with van der Waals surface area (Å²) in [4.78, 5) is 11.6. The van der Waals surface area contributed by atoms with Crippen LogP contribution in [0.2, 0.25) is 0 Å². The molecule has 0 radical (unpaired) electrons. The van der Waals surface area contributed by atoms with Gasteiger partial charge in [0.25, 0.3) is 0 Å². The Morgan fingerprint density at radius 3 is 2.72 bits per heavy atom. The van der Waals surface area contributed by atoms with Crippen LogP contribution >= 0.6 is 0 Å². The summed E-state index contributed by atoms with van der Waals surface area (Å²) in [6, 6.07) is 11.8. The second kappa shape index (κ2) is 6.73. The molecule has 7 nitrogen and oxygen atoms in total. The predicted molar refractivity (Wildman–Crippen MR) is 93.3 cm³/mol. The van der Waals surface area contributed by atoms with Crippen LogP contribution in [0.5, 0.6) is 5.75 Å². The highest BCUT2D eigenvalue weighted by Gasteiger charge is 2.16. The highest BCUT2D eigenvalue weighted by Crippen LogP contribution is 2.19. The van der Waals surface area contributed by atoms with Crippen LogP contribution in [0.15, 0.2) is 56.6 Å². The molecule has 0 unspecified atom stereocenters. The lowest BCUT2D eigenvalue weighted by molar-refractivity contribution is 0.409. The molecule has 0 amide bonds. The normalized spacial score (nSPS) is 11.8. The second-order valence-electron chi connectivity index (χ2n) is 5.52. The van der Waals surface area contributed by atoms with Gasteiger partial charge >= 0.3 is 5.76 Å². The minimum Gasteiger partial charge on any atom is -0.496 e. The average molecular weight is 362 g/mol. The summed E-state index contributed by atoms with van der Waals surface area (Å²) in [7, 11) is -0.569. The van der Waals surface area contributed by atoms with E-state index in [1.165, 1.54) is 16.7 Å². The van der Waals surface area contributed by atoms with Crippen molar-refractivity contribution in [3.63, 3.8) is 0 Å². The Morgan fingerprint density at radius 1 is 1.20 bits per heavy atom. The molecule has 0 saturated heterocycles. The number of nitrogens with one attached hydrogen (secondary N) is 1. The van der Waals surface area contributed by atoms with Gasteiger partial charge in [0.15, 0.2) is 5.58 Å². The maximum atomic E-state index is 12.4. The number of aryl methyl sites for hydroxylation is 1. The van der Waals surface area contributed by atoms with Gasteiger partial charge in [0.1, 0.15) is 5.75 Å². The number of para-hydroxylation sites is 1. The number of fused-ring (bicyclic) bond motifs is 1. The molecule has 0 aliphatic carbocycles. The fourth-order valence-electron chi connectivity index (χ4n) is 2.59. The van der Waals surface area contributed by atoms with E-state index in [2.05, 4.69) is 4.72 Å². The number of hydrogen-bond donors (Lipinski definition) is 1. The van der Waals surface area contributed by atoms with Crippen molar-refractivity contribution in [3.05, 3.63) is 58.6 Å². The summed E-state index contributed by atoms with van der Waals surface area (Å²) < 4.78 is 39.0. The maximum Gasteiger partial charge on any atom is 0.419 e. The van der Waals surface area contributed by atoms with E-state index < -0.39 is 15.8 Å². The monoisotopic (exact) mass is 362 g/mol. The molecule has 0 bridgehead atoms. The van der Waals surface area contributed by atoms with E-state index in [9.17, 15) is 13.2 Å². The number of oxazole rings is 1. The molecular formula is C17H18N2O5S. The largest absolute Gasteiger partial charge is 0.496 e. The van der Waals surface area contributed by atoms with Crippen molar-refractivity contribution in [2.24, 2.45) is 7.05 Å². The average Bonchev–Trinajstić information content (AvgIpc) is 2.89. The lowest BCUT2D eigenvalue weighted by Gasteiger charge is -2.09. The number of sulfonamides is 1. The SMILES string of the molecule is COc1ccccc1CCNS(=O)(=O)c1ccc2c(c1)oc(=O)n2C. The lowest BCUT2D eigenvalue weighted by atomic mass is 10.1. The molecular weight excluding hydrogens is 344 g/mol. The van der Waals surface area contributed by atoms with E-state index in [0.29, 0.717) is 17.7 Å². The molecule has 0 atom stereocenters. The van der Waals surface area contributed by atoms with Crippen LogP contribution in [0.4, 0.5) is 0 Å². The Balaban J connectivity index is 1.77. The van der Waals surface area contributed by atoms with Gasteiger partial charge in [-0.3, -0.25) is 4.57 Å². The number of ether oxygens (including phenoxy) is 1. The van der Waals surface area contributed by atoms with Crippen molar-refractivity contribution in [2.75, 3.05) is 13.7 Å². The smallest absolute Gasteiger partial charge is 0.419 e. The molecule has 2 aromatic carbocycles. The fourth-order valence-corrected chi connectivity index (χ4v) is 3.64. The van der Waals surface area contributed by atoms with E-state index >= 15 is 0 Å². The van der Waals surface area contributed by atoms with Gasteiger partial charge in [0.05, 0.1) is 17.5 Å². The molecule has 8 heteroatoms. The van der Waals surface area contributed by atoms with E-state index in [1.807, 2.05) is 24.3 Å². The molecule has 1 heterocycles. The van der Waals surface area contributed by atoms with Crippen LogP contribution in [0, 0.1) is 0 Å². The van der Waals surface area contributed by atoms with E-state index in [0.717, 1.165) is 5.56 Å². The summed E-state index contributed by atoms with van der Waals surface area (Å²) >= 11 is 0. The van der Waals surface area contributed by atoms with Gasteiger partial charge in [-0.25, -0.2) is 17.9 Å². The Kier molecular flexibility index (Phi) is 4.65. The Labute approximate surface area is 144 Å². The third kappa shape index (κ3) is 3.45. The first-order valence-electron chi connectivity index (χ1n) is 7.63. The van der Waals surface area contributed by atoms with E-state index in [-0.39, 0.29) is 17.0 Å². The van der Waals surface area contributed by atoms with Crippen molar-refractivity contribution >= 4 is 21.1 Å². The van der Waals surface area contributed by atoms with Crippen molar-refractivity contribution in [1.82, 2.24) is 9.29 Å². The molecule has 0 spiro atoms. The zero-order chi connectivity index (χ0) is 18.0. The van der Waals surface area contributed by atoms with E-state index in [4.69, 9.17) is 9.15 Å². The molecule has 0 saturated carbocycles. The van der Waals surface area contributed by atoms with Gasteiger partial charge in [0, 0.05) is 19.7 Å². The first kappa shape index (κ1) is 17.2. The molecule has 132 valence electrons. The van der Waals surface area contributed by atoms with Crippen molar-refractivity contribution in [2.45, 2.75) is 11.3 Å². The highest BCUT2D eigenvalue weighted by atomic mass is 32.2. The number of methoxy groups -OCH3 is 1. The summed E-state index contributed by atoms with van der Waals surface area (Å²) in [6.07, 6.45) is 0.492.